The second kappa shape index (κ2) is 4.65. The number of nitrogens with two attached hydrogens (primary N) is 6. The highest BCUT2D eigenvalue weighted by Crippen LogP contribution is 2.42. The van der Waals surface area contributed by atoms with Crippen LogP contribution in [0.2, 0.25) is 0 Å². The van der Waals surface area contributed by atoms with E-state index in [1.165, 1.54) is 0 Å². The van der Waals surface area contributed by atoms with Crippen LogP contribution in [0.5, 0.6) is 0 Å². The minimum absolute atomic E-state index is 0.263. The van der Waals surface area contributed by atoms with Crippen LogP contribution < -0.4 is 33.8 Å². The SMILES string of the molecule is Cc1c(N)c(N)c(N)c(N)c1/S(N)=C(/N)I. The maximum atomic E-state index is 5.95. The molecule has 1 atom stereocenters. The summed E-state index contributed by atoms with van der Waals surface area (Å²) >= 11 is 1.95. The van der Waals surface area contributed by atoms with Crippen LogP contribution in [0.25, 0.3) is 0 Å². The highest BCUT2D eigenvalue weighted by Gasteiger charge is 2.17. The van der Waals surface area contributed by atoms with Crippen molar-refractivity contribution in [2.45, 2.75) is 11.8 Å². The molecule has 0 spiro atoms. The molecule has 0 aliphatic heterocycles. The zero-order valence-corrected chi connectivity index (χ0v) is 11.7. The molecule has 1 unspecified atom stereocenters. The van der Waals surface area contributed by atoms with Gasteiger partial charge in [0.15, 0.2) is 0 Å². The van der Waals surface area contributed by atoms with Crippen molar-refractivity contribution < 1.29 is 0 Å². The molecule has 0 aliphatic rings. The van der Waals surface area contributed by atoms with Crippen LogP contribution in [0.3, 0.4) is 0 Å². The van der Waals surface area contributed by atoms with Gasteiger partial charge in [-0.2, -0.15) is 0 Å². The highest BCUT2D eigenvalue weighted by molar-refractivity contribution is 14.1. The maximum Gasteiger partial charge on any atom is 0.0934 e. The van der Waals surface area contributed by atoms with Crippen LogP contribution in [0.4, 0.5) is 22.7 Å². The van der Waals surface area contributed by atoms with Crippen LogP contribution in [0.15, 0.2) is 4.90 Å². The Labute approximate surface area is 110 Å². The maximum absolute atomic E-state index is 5.95. The van der Waals surface area contributed by atoms with Crippen molar-refractivity contribution >= 4 is 59.0 Å². The number of halogens is 1. The molecule has 0 radical (unpaired) electrons. The Hall–Kier alpha value is -0.710. The first kappa shape index (κ1) is 13.4. The third-order valence-corrected chi connectivity index (χ3v) is 5.10. The van der Waals surface area contributed by atoms with Crippen LogP contribution in [0.1, 0.15) is 5.56 Å². The van der Waals surface area contributed by atoms with Gasteiger partial charge in [-0.3, -0.25) is 10.9 Å². The molecular weight excluding hydrogens is 339 g/mol. The van der Waals surface area contributed by atoms with Crippen molar-refractivity contribution in [2.75, 3.05) is 22.9 Å². The Balaban J connectivity index is 3.72. The fraction of sp³-hybridized carbons (Fsp3) is 0.125. The predicted octanol–water partition coefficient (Wildman–Crippen LogP) is 0.306. The van der Waals surface area contributed by atoms with Gasteiger partial charge >= 0.3 is 0 Å². The van der Waals surface area contributed by atoms with E-state index in [0.717, 1.165) is 5.56 Å². The first-order valence-corrected chi connectivity index (χ1v) is 6.64. The van der Waals surface area contributed by atoms with E-state index < -0.39 is 10.7 Å². The van der Waals surface area contributed by atoms with Crippen LogP contribution in [-0.2, 0) is 0 Å². The Morgan fingerprint density at radius 2 is 1.44 bits per heavy atom. The summed E-state index contributed by atoms with van der Waals surface area (Å²) in [7, 11) is -0.797. The fourth-order valence-electron chi connectivity index (χ4n) is 1.32. The lowest BCUT2D eigenvalue weighted by molar-refractivity contribution is 1.31. The number of anilines is 4. The average molecular weight is 354 g/mol. The van der Waals surface area contributed by atoms with Gasteiger partial charge in [-0.25, -0.2) is 0 Å². The lowest BCUT2D eigenvalue weighted by atomic mass is 10.1. The van der Waals surface area contributed by atoms with Crippen molar-refractivity contribution in [3.05, 3.63) is 5.56 Å². The van der Waals surface area contributed by atoms with E-state index in [4.69, 9.17) is 33.8 Å². The number of rotatable bonds is 1. The van der Waals surface area contributed by atoms with Gasteiger partial charge in [-0.15, -0.1) is 0 Å². The quantitative estimate of drug-likeness (QED) is 0.140. The summed E-state index contributed by atoms with van der Waals surface area (Å²) in [6, 6.07) is 0. The fourth-order valence-corrected chi connectivity index (χ4v) is 2.96. The highest BCUT2D eigenvalue weighted by atomic mass is 127. The van der Waals surface area contributed by atoms with Gasteiger partial charge in [0.25, 0.3) is 0 Å². The summed E-state index contributed by atoms with van der Waals surface area (Å²) in [5.74, 6) is 0. The van der Waals surface area contributed by atoms with Crippen LogP contribution >= 0.6 is 33.3 Å². The topological polar surface area (TPSA) is 156 Å². The van der Waals surface area contributed by atoms with E-state index in [9.17, 15) is 0 Å². The average Bonchev–Trinajstić information content (AvgIpc) is 2.23. The molecule has 8 heteroatoms. The van der Waals surface area contributed by atoms with E-state index in [2.05, 4.69) is 0 Å². The smallest absolute Gasteiger partial charge is 0.0934 e. The minimum atomic E-state index is -0.797. The van der Waals surface area contributed by atoms with Crippen LogP contribution in [0, 0.1) is 6.92 Å². The predicted molar refractivity (Wildman–Crippen MR) is 82.1 cm³/mol. The zero-order valence-electron chi connectivity index (χ0n) is 8.75. The van der Waals surface area contributed by atoms with Gasteiger partial charge in [0.2, 0.25) is 0 Å². The van der Waals surface area contributed by atoms with Gasteiger partial charge < -0.3 is 22.9 Å². The van der Waals surface area contributed by atoms with Crippen molar-refractivity contribution in [3.8, 4) is 0 Å². The number of hydrogen-bond acceptors (Lipinski definition) is 5. The minimum Gasteiger partial charge on any atom is -0.397 e. The summed E-state index contributed by atoms with van der Waals surface area (Å²) in [5, 5.41) is 5.95. The van der Waals surface area contributed by atoms with E-state index in [-0.39, 0.29) is 5.69 Å². The molecule has 0 saturated carbocycles. The third-order valence-electron chi connectivity index (χ3n) is 2.29. The normalized spacial score (nSPS) is 13.6. The second-order valence-corrected chi connectivity index (χ2v) is 6.67. The summed E-state index contributed by atoms with van der Waals surface area (Å²) in [5.41, 5.74) is 30.9. The molecule has 6 nitrogen and oxygen atoms in total. The monoisotopic (exact) mass is 354 g/mol. The lowest BCUT2D eigenvalue weighted by Gasteiger charge is -2.18. The van der Waals surface area contributed by atoms with E-state index in [1.807, 2.05) is 22.6 Å². The molecule has 1 aromatic rings. The molecule has 0 aromatic heterocycles. The molecule has 1 aromatic carbocycles. The number of benzene rings is 1. The molecule has 90 valence electrons. The van der Waals surface area contributed by atoms with Gasteiger partial charge in [0.1, 0.15) is 0 Å². The Morgan fingerprint density at radius 1 is 1.00 bits per heavy atom. The zero-order chi connectivity index (χ0) is 12.6. The van der Waals surface area contributed by atoms with Crippen LogP contribution in [-0.4, -0.2) is 3.00 Å². The van der Waals surface area contributed by atoms with Crippen molar-refractivity contribution in [3.63, 3.8) is 0 Å². The molecule has 0 amide bonds. The Kier molecular flexibility index (Phi) is 3.88. The molecule has 12 N–H and O–H groups in total. The van der Waals surface area contributed by atoms with E-state index in [1.54, 1.807) is 6.92 Å². The lowest BCUT2D eigenvalue weighted by Crippen LogP contribution is -2.12. The molecular formula is C8H15IN6S. The molecule has 0 fully saturated rings. The first-order valence-electron chi connectivity index (χ1n) is 4.28. The van der Waals surface area contributed by atoms with Crippen molar-refractivity contribution in [2.24, 2.45) is 10.9 Å². The van der Waals surface area contributed by atoms with Gasteiger partial charge in [-0.05, 0) is 35.1 Å². The molecule has 0 heterocycles. The number of nitrogen functional groups attached to an aromatic ring is 4. The van der Waals surface area contributed by atoms with Crippen molar-refractivity contribution in [1.82, 2.24) is 0 Å². The van der Waals surface area contributed by atoms with Gasteiger partial charge in [0.05, 0.1) is 25.7 Å². The molecule has 16 heavy (non-hydrogen) atoms. The largest absolute Gasteiger partial charge is 0.397 e. The Morgan fingerprint density at radius 3 is 1.88 bits per heavy atom. The molecule has 1 rings (SSSR count). The number of hydrogen-bond donors (Lipinski definition) is 6. The second-order valence-electron chi connectivity index (χ2n) is 3.25. The summed E-state index contributed by atoms with van der Waals surface area (Å²) in [6.07, 6.45) is 0. The molecule has 0 saturated heterocycles. The summed E-state index contributed by atoms with van der Waals surface area (Å²) < 4.78 is 0.538. The van der Waals surface area contributed by atoms with Gasteiger partial charge in [-0.1, -0.05) is 10.7 Å². The third kappa shape index (κ3) is 2.05. The van der Waals surface area contributed by atoms with E-state index >= 15 is 0 Å². The first-order chi connectivity index (χ1) is 7.29. The van der Waals surface area contributed by atoms with Gasteiger partial charge in [0, 0.05) is 4.90 Å². The van der Waals surface area contributed by atoms with Crippen molar-refractivity contribution in [1.29, 1.82) is 0 Å². The summed E-state index contributed by atoms with van der Waals surface area (Å²) in [4.78, 5) is 0.663. The summed E-state index contributed by atoms with van der Waals surface area (Å²) in [6.45, 7) is 1.79. The molecule has 0 bridgehead atoms. The van der Waals surface area contributed by atoms with E-state index in [0.29, 0.717) is 25.0 Å². The Bertz CT molecular complexity index is 451. The standard InChI is InChI=1S/C8H15IN6S/c1-2-3(10)4(11)5(12)6(13)7(2)16(15)8(9)14/h10-15H2,1H3. The molecule has 0 aliphatic carbocycles.